The predicted molar refractivity (Wildman–Crippen MR) is 86.4 cm³/mol. The van der Waals surface area contributed by atoms with Crippen molar-refractivity contribution in [2.75, 3.05) is 10.7 Å². The first-order valence-corrected chi connectivity index (χ1v) is 8.73. The van der Waals surface area contributed by atoms with Gasteiger partial charge in [0.2, 0.25) is 0 Å². The number of rotatable bonds is 3. The molecule has 23 heavy (non-hydrogen) atoms. The monoisotopic (exact) mass is 331 g/mol. The molecule has 4 nitrogen and oxygen atoms in total. The van der Waals surface area contributed by atoms with Gasteiger partial charge in [-0.2, -0.15) is 0 Å². The average Bonchev–Trinajstić information content (AvgIpc) is 2.89. The Balaban J connectivity index is 2.00. The maximum atomic E-state index is 13.1. The van der Waals surface area contributed by atoms with Crippen molar-refractivity contribution in [1.82, 2.24) is 0 Å². The zero-order chi connectivity index (χ0) is 16.4. The van der Waals surface area contributed by atoms with Crippen LogP contribution in [0.2, 0.25) is 0 Å². The lowest BCUT2D eigenvalue weighted by atomic mass is 10.1. The summed E-state index contributed by atoms with van der Waals surface area (Å²) >= 11 is 0. The maximum Gasteiger partial charge on any atom is 0.258 e. The van der Waals surface area contributed by atoms with E-state index in [1.54, 1.807) is 24.3 Å². The van der Waals surface area contributed by atoms with Crippen LogP contribution in [-0.4, -0.2) is 26.1 Å². The number of benzene rings is 2. The second-order valence-corrected chi connectivity index (χ2v) is 7.17. The van der Waals surface area contributed by atoms with Crippen molar-refractivity contribution < 1.29 is 17.6 Å². The molecule has 1 amide bonds. The van der Waals surface area contributed by atoms with Crippen LogP contribution in [0.25, 0.3) is 0 Å². The van der Waals surface area contributed by atoms with Crippen LogP contribution in [0.3, 0.4) is 0 Å². The third-order valence-electron chi connectivity index (χ3n) is 3.59. The summed E-state index contributed by atoms with van der Waals surface area (Å²) in [5, 5.41) is 1.13. The lowest BCUT2D eigenvalue weighted by molar-refractivity contribution is 0.0983. The van der Waals surface area contributed by atoms with E-state index in [2.05, 4.69) is 0 Å². The van der Waals surface area contributed by atoms with Crippen LogP contribution in [0, 0.1) is 5.82 Å². The Morgan fingerprint density at radius 3 is 2.26 bits per heavy atom. The molecule has 1 atom stereocenters. The second kappa shape index (κ2) is 5.96. The normalized spacial score (nSPS) is 18.7. The Hall–Kier alpha value is -2.47. The van der Waals surface area contributed by atoms with Crippen LogP contribution in [0.5, 0.6) is 0 Å². The van der Waals surface area contributed by atoms with Crippen molar-refractivity contribution in [3.8, 4) is 0 Å². The molecule has 0 fully saturated rings. The molecule has 2 aromatic carbocycles. The molecule has 1 aliphatic rings. The van der Waals surface area contributed by atoms with E-state index in [1.807, 2.05) is 6.07 Å². The summed E-state index contributed by atoms with van der Waals surface area (Å²) in [6.07, 6.45) is 1.50. The van der Waals surface area contributed by atoms with Crippen LogP contribution in [0.1, 0.15) is 10.4 Å². The summed E-state index contributed by atoms with van der Waals surface area (Å²) in [7, 11) is -3.31. The number of hydrogen-bond acceptors (Lipinski definition) is 3. The molecule has 0 aliphatic carbocycles. The molecule has 0 saturated carbocycles. The molecule has 2 aromatic rings. The Kier molecular flexibility index (Phi) is 4.00. The predicted octanol–water partition coefficient (Wildman–Crippen LogP) is 2.78. The molecular weight excluding hydrogens is 317 g/mol. The van der Waals surface area contributed by atoms with E-state index in [0.717, 1.165) is 5.41 Å². The Morgan fingerprint density at radius 1 is 1.04 bits per heavy atom. The van der Waals surface area contributed by atoms with Crippen molar-refractivity contribution in [3.05, 3.63) is 77.5 Å². The summed E-state index contributed by atoms with van der Waals surface area (Å²) in [4.78, 5) is 14.3. The van der Waals surface area contributed by atoms with E-state index in [1.165, 1.54) is 35.2 Å². The van der Waals surface area contributed by atoms with Crippen LogP contribution in [-0.2, 0) is 9.84 Å². The highest BCUT2D eigenvalue weighted by Crippen LogP contribution is 2.24. The minimum Gasteiger partial charge on any atom is -0.300 e. The first-order valence-electron chi connectivity index (χ1n) is 7.01. The molecule has 118 valence electrons. The van der Waals surface area contributed by atoms with Crippen LogP contribution >= 0.6 is 0 Å². The number of hydrogen-bond donors (Lipinski definition) is 0. The van der Waals surface area contributed by atoms with Gasteiger partial charge in [0.25, 0.3) is 5.91 Å². The third-order valence-corrected chi connectivity index (χ3v) is 4.97. The summed E-state index contributed by atoms with van der Waals surface area (Å²) in [6, 6.07) is 13.4. The number of carbonyl (C=O) groups excluding carboxylic acids is 1. The molecule has 6 heteroatoms. The lowest BCUT2D eigenvalue weighted by Crippen LogP contribution is -2.41. The maximum absolute atomic E-state index is 13.1. The van der Waals surface area contributed by atoms with Crippen LogP contribution < -0.4 is 4.90 Å². The van der Waals surface area contributed by atoms with Gasteiger partial charge < -0.3 is 4.90 Å². The largest absolute Gasteiger partial charge is 0.300 e. The quantitative estimate of drug-likeness (QED) is 0.869. The minimum atomic E-state index is -3.31. The topological polar surface area (TPSA) is 54.5 Å². The van der Waals surface area contributed by atoms with Gasteiger partial charge in [0, 0.05) is 16.7 Å². The molecule has 0 aromatic heterocycles. The minimum absolute atomic E-state index is 0.158. The van der Waals surface area contributed by atoms with Crippen molar-refractivity contribution >= 4 is 21.4 Å². The van der Waals surface area contributed by atoms with Gasteiger partial charge in [0.1, 0.15) is 5.82 Å². The fraction of sp³-hybridized carbons (Fsp3) is 0.118. The molecule has 0 unspecified atom stereocenters. The number of amides is 1. The Morgan fingerprint density at radius 2 is 1.70 bits per heavy atom. The number of anilines is 1. The van der Waals surface area contributed by atoms with E-state index < -0.39 is 21.7 Å². The highest BCUT2D eigenvalue weighted by atomic mass is 32.2. The van der Waals surface area contributed by atoms with Crippen LogP contribution in [0.15, 0.2) is 66.1 Å². The molecule has 0 radical (unpaired) electrons. The number of nitrogens with zero attached hydrogens (tertiary/aromatic N) is 1. The van der Waals surface area contributed by atoms with Gasteiger partial charge in [-0.05, 0) is 42.5 Å². The van der Waals surface area contributed by atoms with Gasteiger partial charge in [-0.15, -0.1) is 0 Å². The van der Waals surface area contributed by atoms with E-state index in [0.29, 0.717) is 11.3 Å². The molecule has 1 heterocycles. The first-order chi connectivity index (χ1) is 11.0. The smallest absolute Gasteiger partial charge is 0.258 e. The summed E-state index contributed by atoms with van der Waals surface area (Å²) in [6.45, 7) is 0. The van der Waals surface area contributed by atoms with Gasteiger partial charge in [0.05, 0.1) is 11.8 Å². The SMILES string of the molecule is O=C(c1ccc(F)cc1)N(c1ccccc1)[C@@H]1C=CS(=O)(=O)C1. The summed E-state index contributed by atoms with van der Waals surface area (Å²) < 4.78 is 36.5. The molecule has 0 saturated heterocycles. The zero-order valence-electron chi connectivity index (χ0n) is 12.1. The molecule has 0 spiro atoms. The molecule has 1 aliphatic heterocycles. The van der Waals surface area contributed by atoms with Crippen LogP contribution in [0.4, 0.5) is 10.1 Å². The fourth-order valence-corrected chi connectivity index (χ4v) is 3.77. The summed E-state index contributed by atoms with van der Waals surface area (Å²) in [5.74, 6) is -0.964. The molecular formula is C17H14FNO3S. The highest BCUT2D eigenvalue weighted by molar-refractivity contribution is 7.94. The zero-order valence-corrected chi connectivity index (χ0v) is 12.9. The van der Waals surface area contributed by atoms with E-state index >= 15 is 0 Å². The van der Waals surface area contributed by atoms with Crippen molar-refractivity contribution in [3.63, 3.8) is 0 Å². The standard InChI is InChI=1S/C17H14FNO3S/c18-14-8-6-13(7-9-14)17(20)19(15-4-2-1-3-5-15)16-10-11-23(21,22)12-16/h1-11,16H,12H2/t16-/m1/s1. The summed E-state index contributed by atoms with van der Waals surface area (Å²) in [5.41, 5.74) is 0.890. The highest BCUT2D eigenvalue weighted by Gasteiger charge is 2.31. The van der Waals surface area contributed by atoms with Gasteiger partial charge in [0.15, 0.2) is 9.84 Å². The van der Waals surface area contributed by atoms with Crippen molar-refractivity contribution in [1.29, 1.82) is 0 Å². The number of carbonyl (C=O) groups is 1. The third kappa shape index (κ3) is 3.32. The van der Waals surface area contributed by atoms with Gasteiger partial charge in [-0.1, -0.05) is 18.2 Å². The molecule has 0 bridgehead atoms. The van der Waals surface area contributed by atoms with E-state index in [4.69, 9.17) is 0 Å². The van der Waals surface area contributed by atoms with Gasteiger partial charge in [-0.25, -0.2) is 12.8 Å². The number of para-hydroxylation sites is 1. The fourth-order valence-electron chi connectivity index (χ4n) is 2.50. The first kappa shape index (κ1) is 15.4. The molecule has 3 rings (SSSR count). The number of halogens is 1. The average molecular weight is 331 g/mol. The lowest BCUT2D eigenvalue weighted by Gasteiger charge is -2.27. The number of sulfone groups is 1. The van der Waals surface area contributed by atoms with E-state index in [-0.39, 0.29) is 11.7 Å². The van der Waals surface area contributed by atoms with Gasteiger partial charge >= 0.3 is 0 Å². The van der Waals surface area contributed by atoms with Crippen molar-refractivity contribution in [2.45, 2.75) is 6.04 Å². The van der Waals surface area contributed by atoms with Crippen molar-refractivity contribution in [2.24, 2.45) is 0 Å². The van der Waals surface area contributed by atoms with E-state index in [9.17, 15) is 17.6 Å². The second-order valence-electron chi connectivity index (χ2n) is 5.24. The molecule has 0 N–H and O–H groups in total. The Bertz CT molecular complexity index is 845. The Labute approximate surface area is 133 Å². The van der Waals surface area contributed by atoms with Gasteiger partial charge in [-0.3, -0.25) is 4.79 Å².